The molecule has 0 aliphatic rings. The molecule has 2 aromatic heterocycles. The Morgan fingerprint density at radius 2 is 1.03 bits per heavy atom. The van der Waals surface area contributed by atoms with Gasteiger partial charge in [0.15, 0.2) is 5.58 Å². The molecule has 0 spiro atoms. The molecule has 0 atom stereocenters. The molecule has 0 fully saturated rings. The van der Waals surface area contributed by atoms with Crippen LogP contribution in [0.1, 0.15) is 0 Å². The fourth-order valence-corrected chi connectivity index (χ4v) is 5.44. The maximum atomic E-state index is 6.33. The predicted molar refractivity (Wildman–Crippen MR) is 140 cm³/mol. The van der Waals surface area contributed by atoms with E-state index in [-0.39, 0.29) is 0 Å². The van der Waals surface area contributed by atoms with Crippen molar-refractivity contribution >= 4 is 59.8 Å². The number of halogens is 1. The molecule has 0 unspecified atom stereocenters. The van der Waals surface area contributed by atoms with E-state index in [4.69, 9.17) is 8.83 Å². The summed E-state index contributed by atoms with van der Waals surface area (Å²) in [6.45, 7) is 0. The highest BCUT2D eigenvalue weighted by molar-refractivity contribution is 9.10. The van der Waals surface area contributed by atoms with Gasteiger partial charge >= 0.3 is 0 Å². The van der Waals surface area contributed by atoms with Gasteiger partial charge in [-0.25, -0.2) is 0 Å². The van der Waals surface area contributed by atoms with Crippen molar-refractivity contribution < 1.29 is 8.83 Å². The van der Waals surface area contributed by atoms with Crippen LogP contribution in [-0.2, 0) is 0 Å². The van der Waals surface area contributed by atoms with Gasteiger partial charge in [-0.2, -0.15) is 0 Å². The first-order valence-electron chi connectivity index (χ1n) is 10.9. The zero-order valence-electron chi connectivity index (χ0n) is 17.5. The van der Waals surface area contributed by atoms with Crippen molar-refractivity contribution in [1.82, 2.24) is 0 Å². The molecule has 0 saturated heterocycles. The lowest BCUT2D eigenvalue weighted by Gasteiger charge is -2.02. The van der Waals surface area contributed by atoms with Gasteiger partial charge in [-0.15, -0.1) is 0 Å². The Bertz CT molecular complexity index is 1800. The maximum absolute atomic E-state index is 6.33. The number of fused-ring (bicyclic) bond motifs is 6. The summed E-state index contributed by atoms with van der Waals surface area (Å²) in [6.07, 6.45) is 0. The van der Waals surface area contributed by atoms with Crippen molar-refractivity contribution in [3.05, 3.63) is 108 Å². The van der Waals surface area contributed by atoms with E-state index in [0.717, 1.165) is 53.9 Å². The van der Waals surface area contributed by atoms with Gasteiger partial charge in [-0.3, -0.25) is 0 Å². The molecule has 0 saturated carbocycles. The van der Waals surface area contributed by atoms with Gasteiger partial charge in [-0.1, -0.05) is 72.8 Å². The van der Waals surface area contributed by atoms with Crippen molar-refractivity contribution in [3.8, 4) is 22.3 Å². The van der Waals surface area contributed by atoms with Crippen LogP contribution in [-0.4, -0.2) is 0 Å². The van der Waals surface area contributed by atoms with Crippen molar-refractivity contribution in [1.29, 1.82) is 0 Å². The molecule has 0 N–H and O–H groups in total. The Kier molecular flexibility index (Phi) is 4.02. The summed E-state index contributed by atoms with van der Waals surface area (Å²) in [5.74, 6) is 0. The molecule has 0 aliphatic carbocycles. The van der Waals surface area contributed by atoms with Crippen LogP contribution < -0.4 is 0 Å². The van der Waals surface area contributed by atoms with E-state index < -0.39 is 0 Å². The van der Waals surface area contributed by atoms with E-state index in [1.807, 2.05) is 12.1 Å². The highest BCUT2D eigenvalue weighted by Gasteiger charge is 2.19. The van der Waals surface area contributed by atoms with Crippen LogP contribution in [0.25, 0.3) is 66.1 Å². The molecule has 7 aromatic rings. The minimum absolute atomic E-state index is 0.843. The topological polar surface area (TPSA) is 26.3 Å². The normalized spacial score (nSPS) is 11.8. The van der Waals surface area contributed by atoms with Crippen LogP contribution in [0.2, 0.25) is 0 Å². The average molecular weight is 489 g/mol. The van der Waals surface area contributed by atoms with Gasteiger partial charge in [0.25, 0.3) is 0 Å². The summed E-state index contributed by atoms with van der Waals surface area (Å²) in [5.41, 5.74) is 8.13. The van der Waals surface area contributed by atoms with Gasteiger partial charge in [0.2, 0.25) is 0 Å². The standard InChI is InChI=1S/C30H17BrO2/c31-29-28-24-16-21(19-9-5-2-6-10-19)12-14-26(24)32-27(28)17-23-22-15-20(18-7-3-1-4-8-18)11-13-25(22)33-30(23)29/h1-17H. The summed E-state index contributed by atoms with van der Waals surface area (Å²) in [5, 5.41) is 4.24. The second kappa shape index (κ2) is 7.09. The summed E-state index contributed by atoms with van der Waals surface area (Å²) in [6, 6.07) is 35.6. The second-order valence-electron chi connectivity index (χ2n) is 8.30. The molecular weight excluding hydrogens is 472 g/mol. The van der Waals surface area contributed by atoms with Gasteiger partial charge in [0.05, 0.1) is 4.47 Å². The molecule has 2 nitrogen and oxygen atoms in total. The minimum Gasteiger partial charge on any atom is -0.456 e. The van der Waals surface area contributed by atoms with E-state index in [1.54, 1.807) is 0 Å². The SMILES string of the molecule is Brc1c2oc3ccc(-c4ccccc4)cc3c2cc2oc3ccc(-c4ccccc4)cc3c12. The van der Waals surface area contributed by atoms with Crippen molar-refractivity contribution in [2.75, 3.05) is 0 Å². The fourth-order valence-electron chi connectivity index (χ4n) is 4.73. The van der Waals surface area contributed by atoms with Crippen LogP contribution in [0.4, 0.5) is 0 Å². The first-order valence-corrected chi connectivity index (χ1v) is 11.7. The molecule has 3 heteroatoms. The monoisotopic (exact) mass is 488 g/mol. The second-order valence-corrected chi connectivity index (χ2v) is 9.09. The third-order valence-corrected chi connectivity index (χ3v) is 7.11. The molecule has 156 valence electrons. The summed E-state index contributed by atoms with van der Waals surface area (Å²) in [7, 11) is 0. The summed E-state index contributed by atoms with van der Waals surface area (Å²) < 4.78 is 13.5. The smallest absolute Gasteiger partial charge is 0.150 e. The minimum atomic E-state index is 0.843. The molecule has 5 aromatic carbocycles. The zero-order valence-corrected chi connectivity index (χ0v) is 19.1. The van der Waals surface area contributed by atoms with Crippen LogP contribution in [0.5, 0.6) is 0 Å². The van der Waals surface area contributed by atoms with E-state index >= 15 is 0 Å². The Morgan fingerprint density at radius 3 is 1.67 bits per heavy atom. The van der Waals surface area contributed by atoms with E-state index in [2.05, 4.69) is 107 Å². The van der Waals surface area contributed by atoms with Gasteiger partial charge in [0.1, 0.15) is 16.7 Å². The maximum Gasteiger partial charge on any atom is 0.150 e. The Balaban J connectivity index is 1.50. The molecule has 0 amide bonds. The molecule has 0 bridgehead atoms. The Labute approximate surface area is 198 Å². The largest absolute Gasteiger partial charge is 0.456 e. The lowest BCUT2D eigenvalue weighted by atomic mass is 10.0. The third-order valence-electron chi connectivity index (χ3n) is 6.35. The van der Waals surface area contributed by atoms with Crippen LogP contribution in [0, 0.1) is 0 Å². The molecule has 2 heterocycles. The van der Waals surface area contributed by atoms with Crippen LogP contribution >= 0.6 is 15.9 Å². The Hall–Kier alpha value is -3.82. The van der Waals surface area contributed by atoms with Gasteiger partial charge in [0, 0.05) is 21.5 Å². The van der Waals surface area contributed by atoms with E-state index in [0.29, 0.717) is 0 Å². The number of hydrogen-bond donors (Lipinski definition) is 0. The quantitative estimate of drug-likeness (QED) is 0.242. The average Bonchev–Trinajstić information content (AvgIpc) is 3.43. The summed E-state index contributed by atoms with van der Waals surface area (Å²) in [4.78, 5) is 0. The predicted octanol–water partition coefficient (Wildman–Crippen LogP) is 9.58. The molecule has 7 rings (SSSR count). The van der Waals surface area contributed by atoms with Crippen molar-refractivity contribution in [2.45, 2.75) is 0 Å². The number of rotatable bonds is 2. The molecule has 33 heavy (non-hydrogen) atoms. The highest BCUT2D eigenvalue weighted by Crippen LogP contribution is 2.44. The fraction of sp³-hybridized carbons (Fsp3) is 0. The van der Waals surface area contributed by atoms with E-state index in [9.17, 15) is 0 Å². The zero-order chi connectivity index (χ0) is 21.9. The lowest BCUT2D eigenvalue weighted by Crippen LogP contribution is -1.78. The van der Waals surface area contributed by atoms with Crippen molar-refractivity contribution in [3.63, 3.8) is 0 Å². The number of hydrogen-bond acceptors (Lipinski definition) is 2. The number of benzene rings is 5. The Morgan fingerprint density at radius 1 is 0.455 bits per heavy atom. The van der Waals surface area contributed by atoms with Crippen LogP contribution in [0.15, 0.2) is 116 Å². The molecule has 0 aliphatic heterocycles. The molecule has 0 radical (unpaired) electrons. The first kappa shape index (κ1) is 18.7. The number of furan rings is 2. The highest BCUT2D eigenvalue weighted by atomic mass is 79.9. The van der Waals surface area contributed by atoms with Crippen LogP contribution in [0.3, 0.4) is 0 Å². The first-order chi connectivity index (χ1) is 16.3. The van der Waals surface area contributed by atoms with Gasteiger partial charge < -0.3 is 8.83 Å². The lowest BCUT2D eigenvalue weighted by molar-refractivity contribution is 0.662. The third kappa shape index (κ3) is 2.86. The summed E-state index contributed by atoms with van der Waals surface area (Å²) >= 11 is 3.85. The molecular formula is C30H17BrO2. The van der Waals surface area contributed by atoms with E-state index in [1.165, 1.54) is 16.7 Å². The van der Waals surface area contributed by atoms with Crippen molar-refractivity contribution in [2.24, 2.45) is 0 Å². The van der Waals surface area contributed by atoms with Gasteiger partial charge in [-0.05, 0) is 68.5 Å².